The summed E-state index contributed by atoms with van der Waals surface area (Å²) < 4.78 is 5.93. The molecule has 0 aliphatic heterocycles. The van der Waals surface area contributed by atoms with Crippen LogP contribution >= 0.6 is 0 Å². The van der Waals surface area contributed by atoms with Crippen molar-refractivity contribution in [1.82, 2.24) is 5.32 Å². The highest BCUT2D eigenvalue weighted by Crippen LogP contribution is 2.19. The molecule has 1 aromatic rings. The summed E-state index contributed by atoms with van der Waals surface area (Å²) in [5, 5.41) is 3.45. The first-order chi connectivity index (χ1) is 7.78. The molecular weight excluding hydrogens is 210 g/mol. The van der Waals surface area contributed by atoms with Gasteiger partial charge in [-0.1, -0.05) is 17.7 Å². The normalized spacial score (nSPS) is 13.5. The molecule has 0 aliphatic carbocycles. The van der Waals surface area contributed by atoms with Gasteiger partial charge >= 0.3 is 0 Å². The zero-order valence-corrected chi connectivity index (χ0v) is 11.9. The van der Waals surface area contributed by atoms with Crippen LogP contribution in [-0.4, -0.2) is 18.2 Å². The number of hydrogen-bond acceptors (Lipinski definition) is 2. The Morgan fingerprint density at radius 2 is 1.88 bits per heavy atom. The summed E-state index contributed by atoms with van der Waals surface area (Å²) >= 11 is 0. The van der Waals surface area contributed by atoms with Gasteiger partial charge in [-0.2, -0.15) is 0 Å². The first kappa shape index (κ1) is 14.0. The molecule has 0 fully saturated rings. The molecule has 0 spiro atoms. The summed E-state index contributed by atoms with van der Waals surface area (Å²) in [5.41, 5.74) is 2.61. The van der Waals surface area contributed by atoms with E-state index in [-0.39, 0.29) is 11.6 Å². The van der Waals surface area contributed by atoms with Crippen molar-refractivity contribution in [2.45, 2.75) is 53.2 Å². The summed E-state index contributed by atoms with van der Waals surface area (Å²) in [6.45, 7) is 13.6. The Morgan fingerprint density at radius 1 is 1.24 bits per heavy atom. The third-order valence-electron chi connectivity index (χ3n) is 2.58. The average Bonchev–Trinajstić information content (AvgIpc) is 2.18. The van der Waals surface area contributed by atoms with E-state index in [0.29, 0.717) is 0 Å². The number of nitrogens with one attached hydrogen (secondary N) is 1. The Kier molecular flexibility index (Phi) is 4.58. The van der Waals surface area contributed by atoms with Gasteiger partial charge in [0.25, 0.3) is 0 Å². The minimum absolute atomic E-state index is 0.139. The molecule has 17 heavy (non-hydrogen) atoms. The molecule has 2 heteroatoms. The van der Waals surface area contributed by atoms with Crippen LogP contribution in [0.25, 0.3) is 0 Å². The van der Waals surface area contributed by atoms with Gasteiger partial charge in [-0.05, 0) is 53.2 Å². The molecule has 0 saturated carbocycles. The molecule has 96 valence electrons. The second-order valence-electron chi connectivity index (χ2n) is 5.83. The predicted molar refractivity (Wildman–Crippen MR) is 73.8 cm³/mol. The van der Waals surface area contributed by atoms with Crippen LogP contribution in [0, 0.1) is 13.8 Å². The van der Waals surface area contributed by atoms with E-state index in [4.69, 9.17) is 4.74 Å². The van der Waals surface area contributed by atoms with Gasteiger partial charge in [0.1, 0.15) is 11.9 Å². The zero-order chi connectivity index (χ0) is 13.1. The molecule has 0 heterocycles. The molecule has 0 aliphatic rings. The molecule has 0 amide bonds. The van der Waals surface area contributed by atoms with Gasteiger partial charge in [0.15, 0.2) is 0 Å². The molecule has 1 aromatic carbocycles. The summed E-state index contributed by atoms with van der Waals surface area (Å²) in [5.74, 6) is 0.985. The van der Waals surface area contributed by atoms with E-state index in [1.165, 1.54) is 11.1 Å². The van der Waals surface area contributed by atoms with Crippen LogP contribution in [-0.2, 0) is 0 Å². The van der Waals surface area contributed by atoms with E-state index in [9.17, 15) is 0 Å². The second-order valence-corrected chi connectivity index (χ2v) is 5.83. The van der Waals surface area contributed by atoms with Crippen LogP contribution in [0.1, 0.15) is 38.8 Å². The first-order valence-corrected chi connectivity index (χ1v) is 6.27. The van der Waals surface area contributed by atoms with Crippen LogP contribution in [0.5, 0.6) is 5.75 Å². The standard InChI is InChI=1S/C15H25NO/c1-11-7-8-14(12(2)9-11)17-13(3)10-16-15(4,5)6/h7-9,13,16H,10H2,1-6H3. The molecule has 0 bridgehead atoms. The maximum Gasteiger partial charge on any atom is 0.122 e. The number of hydrogen-bond donors (Lipinski definition) is 1. The Labute approximate surface area is 105 Å². The highest BCUT2D eigenvalue weighted by atomic mass is 16.5. The zero-order valence-electron chi connectivity index (χ0n) is 11.9. The van der Waals surface area contributed by atoms with Crippen molar-refractivity contribution < 1.29 is 4.74 Å². The van der Waals surface area contributed by atoms with Crippen molar-refractivity contribution >= 4 is 0 Å². The van der Waals surface area contributed by atoms with E-state index >= 15 is 0 Å². The third-order valence-corrected chi connectivity index (χ3v) is 2.58. The van der Waals surface area contributed by atoms with E-state index < -0.39 is 0 Å². The molecule has 2 nitrogen and oxygen atoms in total. The van der Waals surface area contributed by atoms with E-state index in [2.05, 4.69) is 65.1 Å². The smallest absolute Gasteiger partial charge is 0.122 e. The minimum atomic E-state index is 0.139. The fourth-order valence-electron chi connectivity index (χ4n) is 1.64. The van der Waals surface area contributed by atoms with Crippen LogP contribution in [0.4, 0.5) is 0 Å². The van der Waals surface area contributed by atoms with Crippen molar-refractivity contribution in [1.29, 1.82) is 0 Å². The fraction of sp³-hybridized carbons (Fsp3) is 0.600. The highest BCUT2D eigenvalue weighted by Gasteiger charge is 2.12. The molecule has 1 atom stereocenters. The first-order valence-electron chi connectivity index (χ1n) is 6.27. The Morgan fingerprint density at radius 3 is 2.41 bits per heavy atom. The average molecular weight is 235 g/mol. The van der Waals surface area contributed by atoms with Crippen LogP contribution in [0.3, 0.4) is 0 Å². The van der Waals surface area contributed by atoms with Gasteiger partial charge in [-0.25, -0.2) is 0 Å². The van der Waals surface area contributed by atoms with Gasteiger partial charge in [-0.3, -0.25) is 0 Å². The van der Waals surface area contributed by atoms with Gasteiger partial charge in [0.2, 0.25) is 0 Å². The lowest BCUT2D eigenvalue weighted by Crippen LogP contribution is -2.41. The SMILES string of the molecule is Cc1ccc(OC(C)CNC(C)(C)C)c(C)c1. The van der Waals surface area contributed by atoms with Gasteiger partial charge in [0.05, 0.1) is 0 Å². The largest absolute Gasteiger partial charge is 0.489 e. The van der Waals surface area contributed by atoms with Gasteiger partial charge in [0, 0.05) is 12.1 Å². The molecule has 0 saturated heterocycles. The minimum Gasteiger partial charge on any atom is -0.489 e. The molecular formula is C15H25NO. The summed E-state index contributed by atoms with van der Waals surface area (Å²) in [4.78, 5) is 0. The van der Waals surface area contributed by atoms with Crippen molar-refractivity contribution in [3.8, 4) is 5.75 Å². The quantitative estimate of drug-likeness (QED) is 0.863. The van der Waals surface area contributed by atoms with E-state index in [1.807, 2.05) is 0 Å². The molecule has 1 rings (SSSR count). The monoisotopic (exact) mass is 235 g/mol. The third kappa shape index (κ3) is 5.22. The summed E-state index contributed by atoms with van der Waals surface area (Å²) in [6.07, 6.45) is 0.177. The molecule has 1 unspecified atom stereocenters. The second kappa shape index (κ2) is 5.54. The van der Waals surface area contributed by atoms with Gasteiger partial charge in [-0.15, -0.1) is 0 Å². The van der Waals surface area contributed by atoms with Gasteiger partial charge < -0.3 is 10.1 Å². The molecule has 0 radical (unpaired) electrons. The van der Waals surface area contributed by atoms with Crippen LogP contribution < -0.4 is 10.1 Å². The lowest BCUT2D eigenvalue weighted by Gasteiger charge is -2.24. The Bertz CT molecular complexity index is 366. The lowest BCUT2D eigenvalue weighted by atomic mass is 10.1. The molecule has 1 N–H and O–H groups in total. The predicted octanol–water partition coefficient (Wildman–Crippen LogP) is 3.46. The Balaban J connectivity index is 2.53. The van der Waals surface area contributed by atoms with Crippen molar-refractivity contribution in [3.63, 3.8) is 0 Å². The number of rotatable bonds is 4. The number of ether oxygens (including phenoxy) is 1. The lowest BCUT2D eigenvalue weighted by molar-refractivity contribution is 0.202. The fourth-order valence-corrected chi connectivity index (χ4v) is 1.64. The topological polar surface area (TPSA) is 21.3 Å². The highest BCUT2D eigenvalue weighted by molar-refractivity contribution is 5.35. The maximum atomic E-state index is 5.93. The van der Waals surface area contributed by atoms with E-state index in [0.717, 1.165) is 12.3 Å². The van der Waals surface area contributed by atoms with Crippen LogP contribution in [0.2, 0.25) is 0 Å². The van der Waals surface area contributed by atoms with Crippen molar-refractivity contribution in [2.75, 3.05) is 6.54 Å². The Hall–Kier alpha value is -1.02. The van der Waals surface area contributed by atoms with Crippen molar-refractivity contribution in [3.05, 3.63) is 29.3 Å². The summed E-state index contributed by atoms with van der Waals surface area (Å²) in [7, 11) is 0. The summed E-state index contributed by atoms with van der Waals surface area (Å²) in [6, 6.07) is 6.30. The maximum absolute atomic E-state index is 5.93. The van der Waals surface area contributed by atoms with Crippen LogP contribution in [0.15, 0.2) is 18.2 Å². The van der Waals surface area contributed by atoms with Crippen molar-refractivity contribution in [2.24, 2.45) is 0 Å². The number of aryl methyl sites for hydroxylation is 2. The number of benzene rings is 1. The molecule has 0 aromatic heterocycles. The van der Waals surface area contributed by atoms with E-state index in [1.54, 1.807) is 0 Å².